The monoisotopic (exact) mass is 267 g/mol. The highest BCUT2D eigenvalue weighted by Crippen LogP contribution is 2.16. The van der Waals surface area contributed by atoms with Crippen molar-refractivity contribution in [2.75, 3.05) is 19.8 Å². The molecule has 0 saturated carbocycles. The van der Waals surface area contributed by atoms with Gasteiger partial charge in [0.05, 0.1) is 6.42 Å². The molecule has 1 saturated heterocycles. The van der Waals surface area contributed by atoms with Crippen LogP contribution in [0.2, 0.25) is 0 Å². The number of nitrogens with one attached hydrogen (secondary N) is 3. The SMILES string of the molecule is Cc1[nH][nH]c(=O)c1CC(=O)NCCC1CCCOC1. The predicted octanol–water partition coefficient (Wildman–Crippen LogP) is 0.487. The second-order valence-electron chi connectivity index (χ2n) is 5.08. The lowest BCUT2D eigenvalue weighted by molar-refractivity contribution is -0.120. The zero-order chi connectivity index (χ0) is 13.7. The normalized spacial score (nSPS) is 19.3. The third-order valence-corrected chi connectivity index (χ3v) is 3.56. The third kappa shape index (κ3) is 3.96. The van der Waals surface area contributed by atoms with Crippen LogP contribution < -0.4 is 10.9 Å². The van der Waals surface area contributed by atoms with Crippen LogP contribution in [0.4, 0.5) is 0 Å². The summed E-state index contributed by atoms with van der Waals surface area (Å²) in [5, 5.41) is 8.05. The van der Waals surface area contributed by atoms with Gasteiger partial charge in [-0.25, -0.2) is 0 Å². The van der Waals surface area contributed by atoms with E-state index in [0.717, 1.165) is 31.7 Å². The van der Waals surface area contributed by atoms with Crippen LogP contribution in [-0.4, -0.2) is 35.9 Å². The number of amides is 1. The van der Waals surface area contributed by atoms with Crippen LogP contribution in [0.15, 0.2) is 4.79 Å². The summed E-state index contributed by atoms with van der Waals surface area (Å²) in [6, 6.07) is 0. The molecule has 3 N–H and O–H groups in total. The molecular weight excluding hydrogens is 246 g/mol. The van der Waals surface area contributed by atoms with E-state index < -0.39 is 0 Å². The fourth-order valence-electron chi connectivity index (χ4n) is 2.36. The van der Waals surface area contributed by atoms with Crippen LogP contribution >= 0.6 is 0 Å². The first-order valence-corrected chi connectivity index (χ1v) is 6.77. The van der Waals surface area contributed by atoms with E-state index in [1.165, 1.54) is 6.42 Å². The summed E-state index contributed by atoms with van der Waals surface area (Å²) in [5.41, 5.74) is 1.02. The zero-order valence-electron chi connectivity index (χ0n) is 11.3. The van der Waals surface area contributed by atoms with Gasteiger partial charge in [0.15, 0.2) is 0 Å². The second kappa shape index (κ2) is 6.56. The van der Waals surface area contributed by atoms with Gasteiger partial charge >= 0.3 is 0 Å². The highest BCUT2D eigenvalue weighted by atomic mass is 16.5. The first-order chi connectivity index (χ1) is 9.16. The Hall–Kier alpha value is -1.56. The van der Waals surface area contributed by atoms with E-state index in [1.54, 1.807) is 6.92 Å². The quantitative estimate of drug-likeness (QED) is 0.725. The lowest BCUT2D eigenvalue weighted by Gasteiger charge is -2.21. The highest BCUT2D eigenvalue weighted by Gasteiger charge is 2.15. The van der Waals surface area contributed by atoms with Gasteiger partial charge in [-0.3, -0.25) is 14.7 Å². The molecule has 2 rings (SSSR count). The largest absolute Gasteiger partial charge is 0.381 e. The number of aryl methyl sites for hydroxylation is 1. The molecular formula is C13H21N3O3. The summed E-state index contributed by atoms with van der Waals surface area (Å²) in [6.45, 7) is 4.08. The number of aromatic amines is 2. The number of carbonyl (C=O) groups is 1. The zero-order valence-corrected chi connectivity index (χ0v) is 11.3. The number of aromatic nitrogens is 2. The van der Waals surface area contributed by atoms with Gasteiger partial charge in [-0.05, 0) is 32.1 Å². The molecule has 1 aromatic rings. The topological polar surface area (TPSA) is 87.0 Å². The van der Waals surface area contributed by atoms with Gasteiger partial charge in [-0.15, -0.1) is 0 Å². The lowest BCUT2D eigenvalue weighted by atomic mass is 9.99. The van der Waals surface area contributed by atoms with Gasteiger partial charge in [-0.2, -0.15) is 0 Å². The molecule has 6 heteroatoms. The fourth-order valence-corrected chi connectivity index (χ4v) is 2.36. The van der Waals surface area contributed by atoms with E-state index in [0.29, 0.717) is 18.0 Å². The van der Waals surface area contributed by atoms with Gasteiger partial charge in [0.1, 0.15) is 0 Å². The molecule has 1 amide bonds. The van der Waals surface area contributed by atoms with Crippen LogP contribution in [0.25, 0.3) is 0 Å². The van der Waals surface area contributed by atoms with Crippen molar-refractivity contribution in [2.45, 2.75) is 32.6 Å². The summed E-state index contributed by atoms with van der Waals surface area (Å²) >= 11 is 0. The average Bonchev–Trinajstić information content (AvgIpc) is 2.72. The molecule has 0 aliphatic carbocycles. The molecule has 19 heavy (non-hydrogen) atoms. The first-order valence-electron chi connectivity index (χ1n) is 6.77. The van der Waals surface area contributed by atoms with Crippen LogP contribution in [-0.2, 0) is 16.0 Å². The average molecular weight is 267 g/mol. The maximum Gasteiger partial charge on any atom is 0.267 e. The molecule has 1 aliphatic rings. The van der Waals surface area contributed by atoms with E-state index in [-0.39, 0.29) is 17.9 Å². The summed E-state index contributed by atoms with van der Waals surface area (Å²) < 4.78 is 5.39. The Morgan fingerprint density at radius 2 is 2.32 bits per heavy atom. The van der Waals surface area contributed by atoms with Gasteiger partial charge in [0.2, 0.25) is 5.91 Å². The molecule has 2 heterocycles. The third-order valence-electron chi connectivity index (χ3n) is 3.56. The molecule has 0 bridgehead atoms. The summed E-state index contributed by atoms with van der Waals surface area (Å²) in [7, 11) is 0. The Kier molecular flexibility index (Phi) is 4.79. The molecule has 6 nitrogen and oxygen atoms in total. The van der Waals surface area contributed by atoms with E-state index in [4.69, 9.17) is 4.74 Å². The van der Waals surface area contributed by atoms with E-state index in [1.807, 2.05) is 0 Å². The smallest absolute Gasteiger partial charge is 0.267 e. The van der Waals surface area contributed by atoms with Crippen molar-refractivity contribution < 1.29 is 9.53 Å². The van der Waals surface area contributed by atoms with E-state index >= 15 is 0 Å². The minimum atomic E-state index is -0.215. The predicted molar refractivity (Wildman–Crippen MR) is 71.0 cm³/mol. The van der Waals surface area contributed by atoms with Crippen molar-refractivity contribution in [3.05, 3.63) is 21.6 Å². The summed E-state index contributed by atoms with van der Waals surface area (Å²) in [5.74, 6) is 0.441. The maximum absolute atomic E-state index is 11.7. The molecule has 1 aliphatic heterocycles. The summed E-state index contributed by atoms with van der Waals surface area (Å²) in [6.07, 6.45) is 3.35. The van der Waals surface area contributed by atoms with Gasteiger partial charge in [-0.1, -0.05) is 0 Å². The molecule has 0 aromatic carbocycles. The van der Waals surface area contributed by atoms with Gasteiger partial charge in [0, 0.05) is 31.0 Å². The Morgan fingerprint density at radius 1 is 1.47 bits per heavy atom. The molecule has 0 spiro atoms. The van der Waals surface area contributed by atoms with Gasteiger partial charge in [0.25, 0.3) is 5.56 Å². The minimum absolute atomic E-state index is 0.107. The van der Waals surface area contributed by atoms with Crippen molar-refractivity contribution >= 4 is 5.91 Å². The Labute approximate surface area is 111 Å². The number of rotatable bonds is 5. The van der Waals surface area contributed by atoms with Crippen molar-refractivity contribution in [3.8, 4) is 0 Å². The van der Waals surface area contributed by atoms with Crippen molar-refractivity contribution in [1.82, 2.24) is 15.5 Å². The molecule has 1 aromatic heterocycles. The second-order valence-corrected chi connectivity index (χ2v) is 5.08. The fraction of sp³-hybridized carbons (Fsp3) is 0.692. The van der Waals surface area contributed by atoms with Crippen LogP contribution in [0.5, 0.6) is 0 Å². The number of carbonyl (C=O) groups excluding carboxylic acids is 1. The molecule has 106 valence electrons. The lowest BCUT2D eigenvalue weighted by Crippen LogP contribution is -2.30. The summed E-state index contributed by atoms with van der Waals surface area (Å²) in [4.78, 5) is 23.2. The van der Waals surface area contributed by atoms with Crippen LogP contribution in [0.1, 0.15) is 30.5 Å². The van der Waals surface area contributed by atoms with Crippen molar-refractivity contribution in [2.24, 2.45) is 5.92 Å². The molecule has 1 fully saturated rings. The molecule has 1 unspecified atom stereocenters. The number of ether oxygens (including phenoxy) is 1. The van der Waals surface area contributed by atoms with Crippen LogP contribution in [0, 0.1) is 12.8 Å². The van der Waals surface area contributed by atoms with Gasteiger partial charge < -0.3 is 15.2 Å². The van der Waals surface area contributed by atoms with Crippen molar-refractivity contribution in [1.29, 1.82) is 0 Å². The Balaban J connectivity index is 1.71. The standard InChI is InChI=1S/C13H21N3O3/c1-9-11(13(18)16-15-9)7-12(17)14-5-4-10-3-2-6-19-8-10/h10H,2-8H2,1H3,(H,14,17)(H2,15,16,18). The first kappa shape index (κ1) is 13.9. The van der Waals surface area contributed by atoms with Crippen LogP contribution in [0.3, 0.4) is 0 Å². The molecule has 0 radical (unpaired) electrons. The van der Waals surface area contributed by atoms with Crippen molar-refractivity contribution in [3.63, 3.8) is 0 Å². The van der Waals surface area contributed by atoms with E-state index in [9.17, 15) is 9.59 Å². The number of hydrogen-bond donors (Lipinski definition) is 3. The number of H-pyrrole nitrogens is 2. The Bertz CT molecular complexity index is 472. The highest BCUT2D eigenvalue weighted by molar-refractivity contribution is 5.78. The Morgan fingerprint density at radius 3 is 2.95 bits per heavy atom. The minimum Gasteiger partial charge on any atom is -0.381 e. The maximum atomic E-state index is 11.7. The van der Waals surface area contributed by atoms with E-state index in [2.05, 4.69) is 15.5 Å². The number of hydrogen-bond acceptors (Lipinski definition) is 3. The molecule has 1 atom stereocenters.